The Kier molecular flexibility index (Phi) is 7.22. The summed E-state index contributed by atoms with van der Waals surface area (Å²) in [6.45, 7) is 4.60. The van der Waals surface area contributed by atoms with Crippen LogP contribution >= 0.6 is 0 Å². The van der Waals surface area contributed by atoms with E-state index >= 15 is 0 Å². The second-order valence-corrected chi connectivity index (χ2v) is 9.24. The molecule has 0 bridgehead atoms. The minimum absolute atomic E-state index is 0.0127. The molecule has 38 heavy (non-hydrogen) atoms. The van der Waals surface area contributed by atoms with Crippen LogP contribution in [-0.4, -0.2) is 28.2 Å². The number of oxazole rings is 1. The molecule has 3 aromatic carbocycles. The van der Waals surface area contributed by atoms with Gasteiger partial charge in [0.2, 0.25) is 11.8 Å². The molecule has 0 saturated heterocycles. The van der Waals surface area contributed by atoms with Gasteiger partial charge in [-0.2, -0.15) is 0 Å². The van der Waals surface area contributed by atoms with Crippen molar-refractivity contribution in [1.82, 2.24) is 9.88 Å². The lowest BCUT2D eigenvalue weighted by molar-refractivity contribution is -0.132. The Morgan fingerprint density at radius 2 is 1.95 bits per heavy atom. The Labute approximate surface area is 220 Å². The lowest BCUT2D eigenvalue weighted by atomic mass is 9.87. The summed E-state index contributed by atoms with van der Waals surface area (Å²) in [6, 6.07) is 19.6. The molecule has 1 N–H and O–H groups in total. The number of halogens is 1. The molecule has 8 heteroatoms. The van der Waals surface area contributed by atoms with Crippen LogP contribution in [0.4, 0.5) is 10.1 Å². The number of aryl methyl sites for hydroxylation is 1. The first-order chi connectivity index (χ1) is 18.4. The first kappa shape index (κ1) is 25.2. The number of anilines is 1. The summed E-state index contributed by atoms with van der Waals surface area (Å²) in [4.78, 5) is 31.4. The van der Waals surface area contributed by atoms with E-state index in [9.17, 15) is 14.0 Å². The Balaban J connectivity index is 1.33. The zero-order valence-electron chi connectivity index (χ0n) is 21.2. The summed E-state index contributed by atoms with van der Waals surface area (Å²) in [5.74, 6) is -0.0214. The topological polar surface area (TPSA) is 84.7 Å². The van der Waals surface area contributed by atoms with Gasteiger partial charge in [-0.1, -0.05) is 48.9 Å². The van der Waals surface area contributed by atoms with E-state index < -0.39 is 11.7 Å². The summed E-state index contributed by atoms with van der Waals surface area (Å²) in [6.07, 6.45) is 2.45. The van der Waals surface area contributed by atoms with Gasteiger partial charge in [-0.3, -0.25) is 9.59 Å². The zero-order valence-corrected chi connectivity index (χ0v) is 21.2. The monoisotopic (exact) mass is 513 g/mol. The fraction of sp³-hybridized carbons (Fsp3) is 0.233. The fourth-order valence-corrected chi connectivity index (χ4v) is 4.65. The molecule has 0 spiro atoms. The van der Waals surface area contributed by atoms with Crippen LogP contribution < -0.4 is 10.1 Å². The number of ether oxygens (including phenoxy) is 1. The molecule has 0 fully saturated rings. The Morgan fingerprint density at radius 1 is 1.13 bits per heavy atom. The van der Waals surface area contributed by atoms with Gasteiger partial charge >= 0.3 is 0 Å². The van der Waals surface area contributed by atoms with E-state index in [1.54, 1.807) is 6.07 Å². The van der Waals surface area contributed by atoms with Crippen LogP contribution in [0.1, 0.15) is 58.0 Å². The molecule has 2 heterocycles. The number of benzene rings is 3. The highest BCUT2D eigenvalue weighted by atomic mass is 19.1. The van der Waals surface area contributed by atoms with Gasteiger partial charge in [-0.05, 0) is 60.4 Å². The fourth-order valence-electron chi connectivity index (χ4n) is 4.65. The maximum atomic E-state index is 13.4. The summed E-state index contributed by atoms with van der Waals surface area (Å²) >= 11 is 0. The van der Waals surface area contributed by atoms with Gasteiger partial charge in [0.15, 0.2) is 12.3 Å². The first-order valence-electron chi connectivity index (χ1n) is 12.5. The summed E-state index contributed by atoms with van der Waals surface area (Å²) < 4.78 is 24.8. The van der Waals surface area contributed by atoms with Crippen LogP contribution in [0.2, 0.25) is 0 Å². The van der Waals surface area contributed by atoms with Gasteiger partial charge in [0.05, 0.1) is 6.04 Å². The average molecular weight is 514 g/mol. The highest BCUT2D eigenvalue weighted by Gasteiger charge is 2.31. The largest absolute Gasteiger partial charge is 0.484 e. The van der Waals surface area contributed by atoms with Crippen molar-refractivity contribution >= 4 is 17.5 Å². The molecule has 7 nitrogen and oxygen atoms in total. The summed E-state index contributed by atoms with van der Waals surface area (Å²) in [7, 11) is 0. The molecule has 4 aromatic rings. The standard InChI is InChI=1S/C30H28FN3O4/c1-3-28(35)34-14-13-20-11-12-24(16-25(20)29(34)21-9-7-19(2)8-10-21)37-18-27-33-26(17-38-27)30(36)32-23-6-4-5-22(31)15-23/h4-12,15-17,29H,3,13-14,18H2,1-2H3,(H,32,36)/t29-/m1/s1. The molecule has 1 aliphatic heterocycles. The maximum absolute atomic E-state index is 13.4. The summed E-state index contributed by atoms with van der Waals surface area (Å²) in [5.41, 5.74) is 4.80. The second kappa shape index (κ2) is 10.9. The van der Waals surface area contributed by atoms with Crippen molar-refractivity contribution < 1.29 is 23.1 Å². The summed E-state index contributed by atoms with van der Waals surface area (Å²) in [5, 5.41) is 2.59. The van der Waals surface area contributed by atoms with E-state index in [2.05, 4.69) is 34.6 Å². The predicted molar refractivity (Wildman–Crippen MR) is 140 cm³/mol. The van der Waals surface area contributed by atoms with Crippen LogP contribution in [0.15, 0.2) is 77.4 Å². The molecule has 0 aliphatic carbocycles. The van der Waals surface area contributed by atoms with Crippen molar-refractivity contribution in [3.05, 3.63) is 113 Å². The SMILES string of the molecule is CCC(=O)N1CCc2ccc(OCc3nc(C(=O)Nc4cccc(F)c4)co3)cc2[C@H]1c1ccc(C)cc1. The lowest BCUT2D eigenvalue weighted by Gasteiger charge is -2.38. The number of rotatable bonds is 7. The average Bonchev–Trinajstić information content (AvgIpc) is 3.41. The van der Waals surface area contributed by atoms with E-state index in [0.29, 0.717) is 24.4 Å². The Bertz CT molecular complexity index is 1460. The van der Waals surface area contributed by atoms with Crippen molar-refractivity contribution in [2.75, 3.05) is 11.9 Å². The maximum Gasteiger partial charge on any atom is 0.277 e. The molecule has 5 rings (SSSR count). The molecule has 1 aliphatic rings. The van der Waals surface area contributed by atoms with Gasteiger partial charge < -0.3 is 19.4 Å². The third-order valence-electron chi connectivity index (χ3n) is 6.59. The van der Waals surface area contributed by atoms with E-state index in [1.165, 1.54) is 30.0 Å². The smallest absolute Gasteiger partial charge is 0.277 e. The van der Waals surface area contributed by atoms with Gasteiger partial charge in [0, 0.05) is 18.7 Å². The van der Waals surface area contributed by atoms with E-state index in [1.807, 2.05) is 36.9 Å². The van der Waals surface area contributed by atoms with Gasteiger partial charge in [0.1, 0.15) is 17.8 Å². The number of nitrogens with one attached hydrogen (secondary N) is 1. The number of nitrogens with zero attached hydrogens (tertiary/aromatic N) is 2. The predicted octanol–water partition coefficient (Wildman–Crippen LogP) is 5.84. The molecule has 194 valence electrons. The quantitative estimate of drug-likeness (QED) is 0.336. The van der Waals surface area contributed by atoms with Crippen LogP contribution in [0.3, 0.4) is 0 Å². The number of carbonyl (C=O) groups excluding carboxylic acids is 2. The number of hydrogen-bond donors (Lipinski definition) is 1. The van der Waals surface area contributed by atoms with Gasteiger partial charge in [0.25, 0.3) is 5.91 Å². The number of amides is 2. The Morgan fingerprint density at radius 3 is 2.71 bits per heavy atom. The molecule has 0 radical (unpaired) electrons. The highest BCUT2D eigenvalue weighted by Crippen LogP contribution is 2.37. The third-order valence-corrected chi connectivity index (χ3v) is 6.59. The molecule has 0 saturated carbocycles. The van der Waals surface area contributed by atoms with Crippen molar-refractivity contribution in [3.8, 4) is 5.75 Å². The molecule has 1 aromatic heterocycles. The van der Waals surface area contributed by atoms with Gasteiger partial charge in [-0.25, -0.2) is 9.37 Å². The zero-order chi connectivity index (χ0) is 26.6. The minimum atomic E-state index is -0.513. The molecular weight excluding hydrogens is 485 g/mol. The van der Waals surface area contributed by atoms with Crippen LogP contribution in [-0.2, 0) is 17.8 Å². The number of aromatic nitrogens is 1. The highest BCUT2D eigenvalue weighted by molar-refractivity contribution is 6.02. The van der Waals surface area contributed by atoms with Crippen LogP contribution in [0.25, 0.3) is 0 Å². The van der Waals surface area contributed by atoms with E-state index in [0.717, 1.165) is 23.1 Å². The minimum Gasteiger partial charge on any atom is -0.484 e. The van der Waals surface area contributed by atoms with Crippen molar-refractivity contribution in [2.45, 2.75) is 39.3 Å². The third kappa shape index (κ3) is 5.44. The van der Waals surface area contributed by atoms with E-state index in [-0.39, 0.29) is 30.1 Å². The normalized spacial score (nSPS) is 14.6. The first-order valence-corrected chi connectivity index (χ1v) is 12.5. The van der Waals surface area contributed by atoms with Gasteiger partial charge in [-0.15, -0.1) is 0 Å². The molecule has 1 atom stereocenters. The van der Waals surface area contributed by atoms with Crippen LogP contribution in [0, 0.1) is 12.7 Å². The molecule has 0 unspecified atom stereocenters. The van der Waals surface area contributed by atoms with Crippen LogP contribution in [0.5, 0.6) is 5.75 Å². The lowest BCUT2D eigenvalue weighted by Crippen LogP contribution is -2.40. The Hall–Kier alpha value is -4.46. The number of carbonyl (C=O) groups is 2. The molecular formula is C30H28FN3O4. The van der Waals surface area contributed by atoms with Crippen molar-refractivity contribution in [2.24, 2.45) is 0 Å². The van der Waals surface area contributed by atoms with Crippen molar-refractivity contribution in [3.63, 3.8) is 0 Å². The van der Waals surface area contributed by atoms with Crippen molar-refractivity contribution in [1.29, 1.82) is 0 Å². The number of hydrogen-bond acceptors (Lipinski definition) is 5. The van der Waals surface area contributed by atoms with E-state index in [4.69, 9.17) is 9.15 Å². The number of fused-ring (bicyclic) bond motifs is 1. The second-order valence-electron chi connectivity index (χ2n) is 9.24. The molecule has 2 amide bonds.